The summed E-state index contributed by atoms with van der Waals surface area (Å²) in [5, 5.41) is 12.1. The summed E-state index contributed by atoms with van der Waals surface area (Å²) in [6.07, 6.45) is 0. The Morgan fingerprint density at radius 2 is 2.00 bits per heavy atom. The van der Waals surface area contributed by atoms with Crippen LogP contribution in [0.1, 0.15) is 6.92 Å². The first-order chi connectivity index (χ1) is 9.09. The molecule has 1 aromatic carbocycles. The van der Waals surface area contributed by atoms with Gasteiger partial charge in [-0.3, -0.25) is 9.59 Å². The number of amides is 1. The van der Waals surface area contributed by atoms with Crippen LogP contribution >= 0.6 is 0 Å². The minimum atomic E-state index is -1.00. The zero-order valence-electron chi connectivity index (χ0n) is 10.9. The molecular weight excluding hydrogens is 244 g/mol. The highest BCUT2D eigenvalue weighted by Crippen LogP contribution is 2.22. The van der Waals surface area contributed by atoms with E-state index in [-0.39, 0.29) is 18.4 Å². The Morgan fingerprint density at radius 3 is 2.47 bits per heavy atom. The molecule has 5 heteroatoms. The van der Waals surface area contributed by atoms with Crippen LogP contribution in [0.5, 0.6) is 0 Å². The number of carboxylic acid groups (broad SMARTS) is 1. The van der Waals surface area contributed by atoms with Crippen molar-refractivity contribution in [3.63, 3.8) is 0 Å². The van der Waals surface area contributed by atoms with E-state index >= 15 is 0 Å². The minimum Gasteiger partial charge on any atom is -0.480 e. The third-order valence-corrected chi connectivity index (χ3v) is 3.54. The Kier molecular flexibility index (Phi) is 4.16. The topological polar surface area (TPSA) is 69.6 Å². The number of nitrogens with one attached hydrogen (secondary N) is 1. The molecule has 0 spiro atoms. The number of hydrogen-bond donors (Lipinski definition) is 2. The van der Waals surface area contributed by atoms with Crippen molar-refractivity contribution in [2.75, 3.05) is 24.5 Å². The molecule has 0 aromatic heterocycles. The molecular formula is C14H18N2O3. The summed E-state index contributed by atoms with van der Waals surface area (Å²) in [5.74, 6) is -0.996. The Balaban J connectivity index is 2.17. The molecule has 2 rings (SSSR count). The lowest BCUT2D eigenvalue weighted by molar-refractivity contribution is -0.137. The number of nitrogens with zero attached hydrogens (tertiary/aromatic N) is 1. The van der Waals surface area contributed by atoms with E-state index in [1.807, 2.05) is 13.0 Å². The van der Waals surface area contributed by atoms with Crippen LogP contribution in [0.15, 0.2) is 30.3 Å². The predicted molar refractivity (Wildman–Crippen MR) is 72.0 cm³/mol. The van der Waals surface area contributed by atoms with Gasteiger partial charge in [0.05, 0.1) is 0 Å². The van der Waals surface area contributed by atoms with Crippen molar-refractivity contribution in [2.45, 2.75) is 6.92 Å². The second kappa shape index (κ2) is 5.84. The van der Waals surface area contributed by atoms with Crippen molar-refractivity contribution in [1.82, 2.24) is 5.32 Å². The number of carboxylic acids is 1. The van der Waals surface area contributed by atoms with Crippen LogP contribution in [0.4, 0.5) is 5.69 Å². The summed E-state index contributed by atoms with van der Waals surface area (Å²) in [5.41, 5.74) is 0.633. The Bertz CT molecular complexity index is 457. The highest BCUT2D eigenvalue weighted by Gasteiger charge is 2.32. The van der Waals surface area contributed by atoms with E-state index in [2.05, 4.69) is 5.32 Å². The largest absolute Gasteiger partial charge is 0.480 e. The highest BCUT2D eigenvalue weighted by molar-refractivity contribution is 5.98. The molecule has 19 heavy (non-hydrogen) atoms. The number of benzene rings is 1. The van der Waals surface area contributed by atoms with Crippen LogP contribution < -0.4 is 10.2 Å². The number of anilines is 1. The molecule has 1 amide bonds. The first-order valence-corrected chi connectivity index (χ1v) is 6.38. The summed E-state index contributed by atoms with van der Waals surface area (Å²) in [6.45, 7) is 3.21. The Labute approximate surface area is 112 Å². The first-order valence-electron chi connectivity index (χ1n) is 6.38. The van der Waals surface area contributed by atoms with Crippen LogP contribution in [0.2, 0.25) is 0 Å². The van der Waals surface area contributed by atoms with Crippen LogP contribution in [0.3, 0.4) is 0 Å². The number of hydrogen-bond acceptors (Lipinski definition) is 3. The maximum absolute atomic E-state index is 12.4. The molecule has 5 nitrogen and oxygen atoms in total. The molecule has 1 fully saturated rings. The quantitative estimate of drug-likeness (QED) is 0.829. The van der Waals surface area contributed by atoms with E-state index in [1.54, 1.807) is 24.3 Å². The van der Waals surface area contributed by atoms with E-state index in [4.69, 9.17) is 5.11 Å². The number of carbonyl (C=O) groups is 2. The minimum absolute atomic E-state index is 0.125. The average molecular weight is 262 g/mol. The first kappa shape index (κ1) is 13.5. The number of rotatable bonds is 5. The zero-order chi connectivity index (χ0) is 13.8. The summed E-state index contributed by atoms with van der Waals surface area (Å²) in [6, 6.07) is 8.95. The van der Waals surface area contributed by atoms with Gasteiger partial charge in [0, 0.05) is 11.6 Å². The molecule has 1 aliphatic rings. The fraction of sp³-hybridized carbons (Fsp3) is 0.429. The Morgan fingerprint density at radius 1 is 1.37 bits per heavy atom. The van der Waals surface area contributed by atoms with Crippen molar-refractivity contribution in [3.05, 3.63) is 30.3 Å². The van der Waals surface area contributed by atoms with Gasteiger partial charge < -0.3 is 15.3 Å². The van der Waals surface area contributed by atoms with Gasteiger partial charge in [0.15, 0.2) is 0 Å². The lowest BCUT2D eigenvalue weighted by Crippen LogP contribution is -2.51. The molecule has 0 bridgehead atoms. The van der Waals surface area contributed by atoms with E-state index in [1.165, 1.54) is 4.90 Å². The lowest BCUT2D eigenvalue weighted by Gasteiger charge is -2.34. The average Bonchev–Trinajstić information content (AvgIpc) is 2.34. The predicted octanol–water partition coefficient (Wildman–Crippen LogP) is 0.960. The number of para-hydroxylation sites is 1. The monoisotopic (exact) mass is 262 g/mol. The Hall–Kier alpha value is -1.88. The highest BCUT2D eigenvalue weighted by atomic mass is 16.4. The molecule has 0 radical (unpaired) electrons. The molecule has 1 atom stereocenters. The van der Waals surface area contributed by atoms with Crippen LogP contribution in [-0.4, -0.2) is 36.6 Å². The molecule has 0 saturated carbocycles. The maximum Gasteiger partial charge on any atom is 0.323 e. The van der Waals surface area contributed by atoms with Gasteiger partial charge in [-0.25, -0.2) is 0 Å². The van der Waals surface area contributed by atoms with Gasteiger partial charge in [-0.15, -0.1) is 0 Å². The molecule has 1 aromatic rings. The van der Waals surface area contributed by atoms with E-state index in [0.29, 0.717) is 11.6 Å². The molecule has 1 heterocycles. The summed E-state index contributed by atoms with van der Waals surface area (Å²) in [4.78, 5) is 24.8. The lowest BCUT2D eigenvalue weighted by atomic mass is 9.88. The number of aliphatic carboxylic acids is 1. The smallest absolute Gasteiger partial charge is 0.323 e. The normalized spacial score (nSPS) is 16.5. The molecule has 1 saturated heterocycles. The second-order valence-electron chi connectivity index (χ2n) is 4.86. The van der Waals surface area contributed by atoms with Crippen molar-refractivity contribution < 1.29 is 14.7 Å². The van der Waals surface area contributed by atoms with E-state index in [0.717, 1.165) is 13.1 Å². The third-order valence-electron chi connectivity index (χ3n) is 3.54. The van der Waals surface area contributed by atoms with Crippen LogP contribution in [0.25, 0.3) is 0 Å². The molecule has 2 N–H and O–H groups in total. The van der Waals surface area contributed by atoms with Gasteiger partial charge in [0.1, 0.15) is 6.54 Å². The van der Waals surface area contributed by atoms with Crippen LogP contribution in [-0.2, 0) is 9.59 Å². The van der Waals surface area contributed by atoms with Crippen molar-refractivity contribution >= 4 is 17.6 Å². The standard InChI is InChI=1S/C14H18N2O3/c1-10(11-7-15-8-11)14(19)16(9-13(17)18)12-5-3-2-4-6-12/h2-6,10-11,15H,7-9H2,1H3,(H,17,18). The summed E-state index contributed by atoms with van der Waals surface area (Å²) in [7, 11) is 0. The third kappa shape index (κ3) is 3.12. The van der Waals surface area contributed by atoms with Gasteiger partial charge in [-0.2, -0.15) is 0 Å². The van der Waals surface area contributed by atoms with Gasteiger partial charge in [0.2, 0.25) is 5.91 Å². The van der Waals surface area contributed by atoms with E-state index < -0.39 is 5.97 Å². The van der Waals surface area contributed by atoms with Crippen molar-refractivity contribution in [3.8, 4) is 0 Å². The molecule has 0 aliphatic carbocycles. The zero-order valence-corrected chi connectivity index (χ0v) is 10.9. The number of carbonyl (C=O) groups excluding carboxylic acids is 1. The molecule has 1 unspecified atom stereocenters. The van der Waals surface area contributed by atoms with E-state index in [9.17, 15) is 9.59 Å². The molecule has 1 aliphatic heterocycles. The van der Waals surface area contributed by atoms with Crippen molar-refractivity contribution in [2.24, 2.45) is 11.8 Å². The fourth-order valence-corrected chi connectivity index (χ4v) is 2.15. The van der Waals surface area contributed by atoms with Gasteiger partial charge in [0.25, 0.3) is 0 Å². The second-order valence-corrected chi connectivity index (χ2v) is 4.86. The van der Waals surface area contributed by atoms with Gasteiger partial charge in [-0.05, 0) is 31.1 Å². The van der Waals surface area contributed by atoms with Gasteiger partial charge in [-0.1, -0.05) is 25.1 Å². The molecule has 102 valence electrons. The summed E-state index contributed by atoms with van der Waals surface area (Å²) < 4.78 is 0. The van der Waals surface area contributed by atoms with Crippen molar-refractivity contribution in [1.29, 1.82) is 0 Å². The van der Waals surface area contributed by atoms with Gasteiger partial charge >= 0.3 is 5.97 Å². The SMILES string of the molecule is CC(C(=O)N(CC(=O)O)c1ccccc1)C1CNC1. The van der Waals surface area contributed by atoms with Crippen LogP contribution in [0, 0.1) is 11.8 Å². The maximum atomic E-state index is 12.4. The fourth-order valence-electron chi connectivity index (χ4n) is 2.15. The summed E-state index contributed by atoms with van der Waals surface area (Å²) >= 11 is 0.